The lowest BCUT2D eigenvalue weighted by molar-refractivity contribution is -0.113. The van der Waals surface area contributed by atoms with Crippen LogP contribution in [-0.2, 0) is 4.79 Å². The number of nitrogens with one attached hydrogen (secondary N) is 1. The highest BCUT2D eigenvalue weighted by molar-refractivity contribution is 7.99. The number of hydrogen-bond donors (Lipinski definition) is 1. The third kappa shape index (κ3) is 3.00. The first kappa shape index (κ1) is 16.5. The van der Waals surface area contributed by atoms with Crippen molar-refractivity contribution in [3.8, 4) is 6.07 Å². The molecule has 0 saturated heterocycles. The van der Waals surface area contributed by atoms with Gasteiger partial charge in [-0.15, -0.1) is 16.4 Å². The lowest BCUT2D eigenvalue weighted by Gasteiger charge is -2.06. The molecule has 1 N–H and O–H groups in total. The van der Waals surface area contributed by atoms with Crippen LogP contribution in [0.15, 0.2) is 40.9 Å². The zero-order valence-electron chi connectivity index (χ0n) is 13.6. The molecule has 1 amide bonds. The zero-order valence-corrected chi connectivity index (χ0v) is 15.3. The van der Waals surface area contributed by atoms with Crippen LogP contribution in [0, 0.1) is 18.3 Å². The number of benzene rings is 1. The van der Waals surface area contributed by atoms with Crippen molar-refractivity contribution in [2.45, 2.75) is 12.1 Å². The van der Waals surface area contributed by atoms with Crippen LogP contribution in [0.5, 0.6) is 0 Å². The van der Waals surface area contributed by atoms with Crippen LogP contribution < -0.4 is 5.32 Å². The van der Waals surface area contributed by atoms with Crippen LogP contribution >= 0.6 is 23.1 Å². The van der Waals surface area contributed by atoms with Gasteiger partial charge in [-0.3, -0.25) is 4.79 Å². The Hall–Kier alpha value is -2.96. The Kier molecular flexibility index (Phi) is 4.28. The van der Waals surface area contributed by atoms with Crippen molar-refractivity contribution in [3.63, 3.8) is 0 Å². The topological polar surface area (TPSA) is 96.0 Å². The van der Waals surface area contributed by atoms with Crippen molar-refractivity contribution in [3.05, 3.63) is 47.1 Å². The quantitative estimate of drug-likeness (QED) is 0.431. The minimum atomic E-state index is -0.200. The molecule has 0 spiro atoms. The number of rotatable bonds is 4. The summed E-state index contributed by atoms with van der Waals surface area (Å²) < 4.78 is 1.67. The minimum absolute atomic E-state index is 0.155. The van der Waals surface area contributed by atoms with Gasteiger partial charge in [-0.1, -0.05) is 23.9 Å². The molecule has 1 aromatic carbocycles. The fourth-order valence-corrected chi connectivity index (χ4v) is 4.01. The molecule has 128 valence electrons. The van der Waals surface area contributed by atoms with E-state index >= 15 is 0 Å². The molecule has 3 heterocycles. The number of hydrogen-bond acceptors (Lipinski definition) is 7. The average Bonchev–Trinajstić information content (AvgIpc) is 3.25. The third-order valence-corrected chi connectivity index (χ3v) is 5.39. The molecule has 0 aliphatic carbocycles. The maximum absolute atomic E-state index is 12.2. The second kappa shape index (κ2) is 6.74. The van der Waals surface area contributed by atoms with Crippen LogP contribution in [0.25, 0.3) is 16.6 Å². The van der Waals surface area contributed by atoms with Gasteiger partial charge in [0, 0.05) is 5.39 Å². The molecule has 4 rings (SSSR count). The highest BCUT2D eigenvalue weighted by Gasteiger charge is 2.14. The normalized spacial score (nSPS) is 10.9. The summed E-state index contributed by atoms with van der Waals surface area (Å²) in [4.78, 5) is 21.3. The van der Waals surface area contributed by atoms with E-state index in [0.717, 1.165) is 16.6 Å². The predicted octanol–water partition coefficient (Wildman–Crippen LogP) is 3.25. The Morgan fingerprint density at radius 1 is 1.35 bits per heavy atom. The van der Waals surface area contributed by atoms with E-state index in [0.29, 0.717) is 21.5 Å². The van der Waals surface area contributed by atoms with E-state index in [4.69, 9.17) is 5.26 Å². The van der Waals surface area contributed by atoms with Gasteiger partial charge >= 0.3 is 0 Å². The average molecular weight is 380 g/mol. The summed E-state index contributed by atoms with van der Waals surface area (Å²) in [7, 11) is 0. The van der Waals surface area contributed by atoms with Gasteiger partial charge in [0.05, 0.1) is 16.8 Å². The SMILES string of the molecule is Cc1nc2c3ccccc3nc(SCC(=O)Nc3sccc3C#N)n2n1. The van der Waals surface area contributed by atoms with Crippen molar-refractivity contribution in [1.29, 1.82) is 5.26 Å². The number of amides is 1. The summed E-state index contributed by atoms with van der Waals surface area (Å²) in [6.07, 6.45) is 0. The first-order valence-corrected chi connectivity index (χ1v) is 9.54. The van der Waals surface area contributed by atoms with Crippen LogP contribution in [0.1, 0.15) is 11.4 Å². The third-order valence-electron chi connectivity index (χ3n) is 3.63. The smallest absolute Gasteiger partial charge is 0.235 e. The molecule has 0 aliphatic heterocycles. The molecule has 0 fully saturated rings. The number of anilines is 1. The molecular formula is C17H12N6OS2. The summed E-state index contributed by atoms with van der Waals surface area (Å²) in [6, 6.07) is 11.4. The number of aromatic nitrogens is 4. The monoisotopic (exact) mass is 380 g/mol. The number of aryl methyl sites for hydroxylation is 1. The Morgan fingerprint density at radius 3 is 3.04 bits per heavy atom. The number of carbonyl (C=O) groups is 1. The van der Waals surface area contributed by atoms with E-state index in [1.54, 1.807) is 16.0 Å². The van der Waals surface area contributed by atoms with Gasteiger partial charge in [0.25, 0.3) is 0 Å². The fraction of sp³-hybridized carbons (Fsp3) is 0.118. The second-order valence-corrected chi connectivity index (χ2v) is 7.28. The Morgan fingerprint density at radius 2 is 2.19 bits per heavy atom. The van der Waals surface area contributed by atoms with Crippen molar-refractivity contribution < 1.29 is 4.79 Å². The van der Waals surface area contributed by atoms with Gasteiger partial charge in [0.2, 0.25) is 5.91 Å². The lowest BCUT2D eigenvalue weighted by atomic mass is 10.2. The molecule has 7 nitrogen and oxygen atoms in total. The highest BCUT2D eigenvalue weighted by Crippen LogP contribution is 2.25. The minimum Gasteiger partial charge on any atom is -0.316 e. The van der Waals surface area contributed by atoms with Crippen LogP contribution in [-0.4, -0.2) is 31.2 Å². The maximum atomic E-state index is 12.2. The Balaban J connectivity index is 1.60. The number of nitrogens with zero attached hydrogens (tertiary/aromatic N) is 5. The molecular weight excluding hydrogens is 368 g/mol. The largest absolute Gasteiger partial charge is 0.316 e. The van der Waals surface area contributed by atoms with E-state index in [1.165, 1.54) is 23.1 Å². The number of thioether (sulfide) groups is 1. The molecule has 0 aliphatic rings. The summed E-state index contributed by atoms with van der Waals surface area (Å²) >= 11 is 2.61. The van der Waals surface area contributed by atoms with Crippen LogP contribution in [0.4, 0.5) is 5.00 Å². The van der Waals surface area contributed by atoms with E-state index in [9.17, 15) is 4.79 Å². The molecule has 0 atom stereocenters. The number of carbonyl (C=O) groups excluding carboxylic acids is 1. The first-order valence-electron chi connectivity index (χ1n) is 7.68. The van der Waals surface area contributed by atoms with Gasteiger partial charge < -0.3 is 5.32 Å². The standard InChI is InChI=1S/C17H12N6OS2/c1-10-19-15-12-4-2-3-5-13(12)20-17(23(15)22-10)26-9-14(24)21-16-11(8-18)6-7-25-16/h2-7H,9H2,1H3,(H,21,24). The predicted molar refractivity (Wildman–Crippen MR) is 101 cm³/mol. The van der Waals surface area contributed by atoms with Crippen LogP contribution in [0.3, 0.4) is 0 Å². The molecule has 9 heteroatoms. The van der Waals surface area contributed by atoms with Gasteiger partial charge in [0.15, 0.2) is 10.8 Å². The van der Waals surface area contributed by atoms with E-state index < -0.39 is 0 Å². The number of para-hydroxylation sites is 1. The van der Waals surface area contributed by atoms with Gasteiger partial charge in [-0.2, -0.15) is 9.78 Å². The molecule has 0 unspecified atom stereocenters. The molecule has 0 saturated carbocycles. The Labute approximate surface area is 156 Å². The molecule has 4 aromatic rings. The maximum Gasteiger partial charge on any atom is 0.235 e. The second-order valence-electron chi connectivity index (χ2n) is 5.42. The lowest BCUT2D eigenvalue weighted by Crippen LogP contribution is -2.14. The summed E-state index contributed by atoms with van der Waals surface area (Å²) in [5.41, 5.74) is 1.99. The van der Waals surface area contributed by atoms with Crippen molar-refractivity contribution in [2.24, 2.45) is 0 Å². The molecule has 3 aromatic heterocycles. The van der Waals surface area contributed by atoms with Crippen molar-refractivity contribution >= 4 is 50.6 Å². The van der Waals surface area contributed by atoms with Crippen molar-refractivity contribution in [1.82, 2.24) is 19.6 Å². The fourth-order valence-electron chi connectivity index (χ4n) is 2.51. The summed E-state index contributed by atoms with van der Waals surface area (Å²) in [5.74, 6) is 0.600. The summed E-state index contributed by atoms with van der Waals surface area (Å²) in [5, 5.41) is 20.0. The van der Waals surface area contributed by atoms with Gasteiger partial charge in [0.1, 0.15) is 16.9 Å². The van der Waals surface area contributed by atoms with Crippen LogP contribution in [0.2, 0.25) is 0 Å². The molecule has 0 radical (unpaired) electrons. The number of nitriles is 1. The molecule has 26 heavy (non-hydrogen) atoms. The first-order chi connectivity index (χ1) is 12.7. The highest BCUT2D eigenvalue weighted by atomic mass is 32.2. The number of thiophene rings is 1. The van der Waals surface area contributed by atoms with Crippen molar-refractivity contribution in [2.75, 3.05) is 11.1 Å². The number of fused-ring (bicyclic) bond motifs is 3. The zero-order chi connectivity index (χ0) is 18.1. The molecule has 0 bridgehead atoms. The van der Waals surface area contributed by atoms with Gasteiger partial charge in [-0.05, 0) is 30.5 Å². The Bertz CT molecular complexity index is 1170. The van der Waals surface area contributed by atoms with E-state index in [-0.39, 0.29) is 11.7 Å². The van der Waals surface area contributed by atoms with Gasteiger partial charge in [-0.25, -0.2) is 9.97 Å². The summed E-state index contributed by atoms with van der Waals surface area (Å²) in [6.45, 7) is 1.82. The van der Waals surface area contributed by atoms with E-state index in [2.05, 4.69) is 26.5 Å². The van der Waals surface area contributed by atoms with E-state index in [1.807, 2.05) is 31.2 Å².